The van der Waals surface area contributed by atoms with Crippen LogP contribution in [0, 0.1) is 0 Å². The molecule has 6 nitrogen and oxygen atoms in total. The molecule has 0 spiro atoms. The van der Waals surface area contributed by atoms with E-state index < -0.39 is 5.97 Å². The Hall–Kier alpha value is -2.54. The summed E-state index contributed by atoms with van der Waals surface area (Å²) in [7, 11) is 1.51. The average molecular weight is 422 g/mol. The third-order valence-electron chi connectivity index (χ3n) is 3.41. The van der Waals surface area contributed by atoms with Gasteiger partial charge in [0.1, 0.15) is 0 Å². The van der Waals surface area contributed by atoms with Crippen molar-refractivity contribution in [1.29, 1.82) is 0 Å². The van der Waals surface area contributed by atoms with Gasteiger partial charge in [0.25, 0.3) is 5.91 Å². The topological polar surface area (TPSA) is 73.9 Å². The van der Waals surface area contributed by atoms with Crippen LogP contribution >= 0.6 is 15.9 Å². The van der Waals surface area contributed by atoms with E-state index >= 15 is 0 Å². The van der Waals surface area contributed by atoms with E-state index in [-0.39, 0.29) is 12.5 Å². The lowest BCUT2D eigenvalue weighted by atomic mass is 10.1. The molecule has 0 aliphatic carbocycles. The zero-order valence-electron chi connectivity index (χ0n) is 14.8. The normalized spacial score (nSPS) is 10.2. The molecule has 0 saturated carbocycles. The summed E-state index contributed by atoms with van der Waals surface area (Å²) in [5.41, 5.74) is 1.25. The van der Waals surface area contributed by atoms with Crippen LogP contribution < -0.4 is 14.8 Å². The monoisotopic (exact) mass is 421 g/mol. The predicted molar refractivity (Wildman–Crippen MR) is 102 cm³/mol. The number of carbonyl (C=O) groups excluding carboxylic acids is 2. The Balaban J connectivity index is 2.24. The molecule has 0 aliphatic heterocycles. The summed E-state index contributed by atoms with van der Waals surface area (Å²) in [5, 5.41) is 2.76. The maximum absolute atomic E-state index is 12.6. The lowest BCUT2D eigenvalue weighted by molar-refractivity contribution is 0.0526. The van der Waals surface area contributed by atoms with Crippen molar-refractivity contribution in [3.63, 3.8) is 0 Å². The molecule has 26 heavy (non-hydrogen) atoms. The summed E-state index contributed by atoms with van der Waals surface area (Å²) in [6, 6.07) is 9.82. The predicted octanol–water partition coefficient (Wildman–Crippen LogP) is 4.29. The number of carbonyl (C=O) groups is 2. The minimum atomic E-state index is -0.436. The fraction of sp³-hybridized carbons (Fsp3) is 0.263. The van der Waals surface area contributed by atoms with Gasteiger partial charge < -0.3 is 19.5 Å². The molecular formula is C19H20BrNO5. The molecule has 2 aromatic rings. The first kappa shape index (κ1) is 19.8. The number of methoxy groups -OCH3 is 1. The van der Waals surface area contributed by atoms with Crippen molar-refractivity contribution in [1.82, 2.24) is 0 Å². The number of anilines is 1. The minimum absolute atomic E-state index is 0.287. The van der Waals surface area contributed by atoms with E-state index in [1.807, 2.05) is 6.92 Å². The SMILES string of the molecule is CCOC(=O)c1cccc(NC(=O)c2cc(Br)c(OCC)c(OC)c2)c1. The number of rotatable bonds is 7. The van der Waals surface area contributed by atoms with Gasteiger partial charge in [-0.2, -0.15) is 0 Å². The Kier molecular flexibility index (Phi) is 7.03. The van der Waals surface area contributed by atoms with Crippen LogP contribution in [0.4, 0.5) is 5.69 Å². The summed E-state index contributed by atoms with van der Waals surface area (Å²) < 4.78 is 16.4. The fourth-order valence-electron chi connectivity index (χ4n) is 2.28. The standard InChI is InChI=1S/C19H20BrNO5/c1-4-25-17-15(20)10-13(11-16(17)24-3)18(22)21-14-8-6-7-12(9-14)19(23)26-5-2/h6-11H,4-5H2,1-3H3,(H,21,22). The van der Waals surface area contributed by atoms with Crippen LogP contribution in [-0.4, -0.2) is 32.2 Å². The lowest BCUT2D eigenvalue weighted by Crippen LogP contribution is -2.13. The molecule has 2 rings (SSSR count). The summed E-state index contributed by atoms with van der Waals surface area (Å²) in [4.78, 5) is 24.4. The highest BCUT2D eigenvalue weighted by Crippen LogP contribution is 2.36. The van der Waals surface area contributed by atoms with Crippen molar-refractivity contribution in [2.75, 3.05) is 25.6 Å². The number of hydrogen-bond acceptors (Lipinski definition) is 5. The van der Waals surface area contributed by atoms with Gasteiger partial charge >= 0.3 is 5.97 Å². The van der Waals surface area contributed by atoms with Crippen molar-refractivity contribution in [2.24, 2.45) is 0 Å². The molecule has 0 aromatic heterocycles. The molecule has 0 radical (unpaired) electrons. The molecule has 0 unspecified atom stereocenters. The Labute approximate surface area is 160 Å². The quantitative estimate of drug-likeness (QED) is 0.675. The molecule has 0 heterocycles. The van der Waals surface area contributed by atoms with E-state index in [1.54, 1.807) is 43.3 Å². The Morgan fingerprint density at radius 2 is 1.85 bits per heavy atom. The minimum Gasteiger partial charge on any atom is -0.493 e. The van der Waals surface area contributed by atoms with Gasteiger partial charge in [-0.25, -0.2) is 4.79 Å². The van der Waals surface area contributed by atoms with Crippen molar-refractivity contribution < 1.29 is 23.8 Å². The van der Waals surface area contributed by atoms with Crippen molar-refractivity contribution in [2.45, 2.75) is 13.8 Å². The first-order valence-electron chi connectivity index (χ1n) is 8.09. The van der Waals surface area contributed by atoms with E-state index in [4.69, 9.17) is 14.2 Å². The second-order valence-electron chi connectivity index (χ2n) is 5.18. The Morgan fingerprint density at radius 1 is 1.08 bits per heavy atom. The molecule has 1 N–H and O–H groups in total. The van der Waals surface area contributed by atoms with Gasteiger partial charge in [-0.05, 0) is 60.1 Å². The van der Waals surface area contributed by atoms with Crippen LogP contribution in [0.5, 0.6) is 11.5 Å². The first-order chi connectivity index (χ1) is 12.5. The number of esters is 1. The van der Waals surface area contributed by atoms with Crippen LogP contribution in [0.2, 0.25) is 0 Å². The van der Waals surface area contributed by atoms with E-state index in [2.05, 4.69) is 21.2 Å². The number of hydrogen-bond donors (Lipinski definition) is 1. The van der Waals surface area contributed by atoms with Gasteiger partial charge in [-0.15, -0.1) is 0 Å². The fourth-order valence-corrected chi connectivity index (χ4v) is 2.83. The highest BCUT2D eigenvalue weighted by Gasteiger charge is 2.16. The third-order valence-corrected chi connectivity index (χ3v) is 4.00. The number of benzene rings is 2. The molecule has 0 bridgehead atoms. The van der Waals surface area contributed by atoms with Crippen LogP contribution in [0.15, 0.2) is 40.9 Å². The zero-order chi connectivity index (χ0) is 19.1. The van der Waals surface area contributed by atoms with Crippen LogP contribution in [0.3, 0.4) is 0 Å². The smallest absolute Gasteiger partial charge is 0.338 e. The molecule has 1 amide bonds. The van der Waals surface area contributed by atoms with Crippen molar-refractivity contribution in [3.05, 3.63) is 52.0 Å². The molecular weight excluding hydrogens is 402 g/mol. The molecule has 138 valence electrons. The number of halogens is 1. The highest BCUT2D eigenvalue weighted by molar-refractivity contribution is 9.10. The maximum atomic E-state index is 12.6. The van der Waals surface area contributed by atoms with Gasteiger partial charge in [-0.1, -0.05) is 6.07 Å². The third kappa shape index (κ3) is 4.76. The van der Waals surface area contributed by atoms with E-state index in [0.717, 1.165) is 0 Å². The van der Waals surface area contributed by atoms with Gasteiger partial charge in [0.05, 0.1) is 30.4 Å². The van der Waals surface area contributed by atoms with Gasteiger partial charge in [0.15, 0.2) is 11.5 Å². The number of nitrogens with one attached hydrogen (secondary N) is 1. The summed E-state index contributed by atoms with van der Waals surface area (Å²) >= 11 is 3.40. The van der Waals surface area contributed by atoms with Crippen LogP contribution in [-0.2, 0) is 4.74 Å². The van der Waals surface area contributed by atoms with Gasteiger partial charge in [-0.3, -0.25) is 4.79 Å². The highest BCUT2D eigenvalue weighted by atomic mass is 79.9. The first-order valence-corrected chi connectivity index (χ1v) is 8.88. The lowest BCUT2D eigenvalue weighted by Gasteiger charge is -2.13. The Bertz CT molecular complexity index is 807. The number of amides is 1. The second-order valence-corrected chi connectivity index (χ2v) is 6.03. The maximum Gasteiger partial charge on any atom is 0.338 e. The van der Waals surface area contributed by atoms with Gasteiger partial charge in [0, 0.05) is 11.3 Å². The van der Waals surface area contributed by atoms with Crippen molar-refractivity contribution in [3.8, 4) is 11.5 Å². The summed E-state index contributed by atoms with van der Waals surface area (Å²) in [6.45, 7) is 4.36. The molecule has 0 saturated heterocycles. The van der Waals surface area contributed by atoms with Crippen molar-refractivity contribution >= 4 is 33.5 Å². The molecule has 0 aliphatic rings. The molecule has 2 aromatic carbocycles. The molecule has 7 heteroatoms. The van der Waals surface area contributed by atoms with E-state index in [9.17, 15) is 9.59 Å². The number of ether oxygens (including phenoxy) is 3. The average Bonchev–Trinajstić information content (AvgIpc) is 2.63. The zero-order valence-corrected chi connectivity index (χ0v) is 16.4. The second kappa shape index (κ2) is 9.24. The molecule has 0 fully saturated rings. The molecule has 0 atom stereocenters. The largest absolute Gasteiger partial charge is 0.493 e. The van der Waals surface area contributed by atoms with E-state index in [1.165, 1.54) is 7.11 Å². The van der Waals surface area contributed by atoms with Crippen LogP contribution in [0.25, 0.3) is 0 Å². The summed E-state index contributed by atoms with van der Waals surface area (Å²) in [6.07, 6.45) is 0. The van der Waals surface area contributed by atoms with Crippen LogP contribution in [0.1, 0.15) is 34.6 Å². The summed E-state index contributed by atoms with van der Waals surface area (Å²) in [5.74, 6) is 0.213. The van der Waals surface area contributed by atoms with Gasteiger partial charge in [0.2, 0.25) is 0 Å². The van der Waals surface area contributed by atoms with E-state index in [0.29, 0.717) is 39.4 Å². The Morgan fingerprint density at radius 3 is 2.50 bits per heavy atom.